The Morgan fingerprint density at radius 2 is 2.10 bits per heavy atom. The molecule has 160 valence electrons. The maximum Gasteiger partial charge on any atom is 0.237 e. The Labute approximate surface area is 180 Å². The maximum atomic E-state index is 11.7. The predicted octanol–water partition coefficient (Wildman–Crippen LogP) is 3.14. The average Bonchev–Trinajstić information content (AvgIpc) is 3.39. The summed E-state index contributed by atoms with van der Waals surface area (Å²) in [5.74, 6) is 1.70. The summed E-state index contributed by atoms with van der Waals surface area (Å²) in [7, 11) is 0. The Kier molecular flexibility index (Phi) is 4.26. The quantitative estimate of drug-likeness (QED) is 0.660. The average molecular weight is 419 g/mol. The lowest BCUT2D eigenvalue weighted by Crippen LogP contribution is -2.25. The number of amides is 1. The van der Waals surface area contributed by atoms with Gasteiger partial charge in [0.05, 0.1) is 17.5 Å². The van der Waals surface area contributed by atoms with Crippen LogP contribution in [0.15, 0.2) is 30.7 Å². The van der Waals surface area contributed by atoms with Crippen LogP contribution in [0.2, 0.25) is 0 Å². The molecule has 4 heterocycles. The maximum absolute atomic E-state index is 11.7. The van der Waals surface area contributed by atoms with Crippen LogP contribution < -0.4 is 20.1 Å². The van der Waals surface area contributed by atoms with Crippen molar-refractivity contribution in [3.63, 3.8) is 0 Å². The van der Waals surface area contributed by atoms with E-state index in [1.165, 1.54) is 12.8 Å². The SMILES string of the molecule is C[C@@H](Oc1cc(-c2cnc3c(c2)NCCO3)cc2ncn(C3CC3)c12)[C@H]1CNC(=O)C1. The molecule has 2 atom stereocenters. The summed E-state index contributed by atoms with van der Waals surface area (Å²) in [6.45, 7) is 4.09. The largest absolute Gasteiger partial charge is 0.488 e. The van der Waals surface area contributed by atoms with Crippen molar-refractivity contribution in [2.75, 3.05) is 25.0 Å². The van der Waals surface area contributed by atoms with Gasteiger partial charge in [0, 0.05) is 43.2 Å². The van der Waals surface area contributed by atoms with Crippen LogP contribution in [-0.2, 0) is 4.79 Å². The van der Waals surface area contributed by atoms with Crippen LogP contribution in [0.25, 0.3) is 22.2 Å². The number of hydrogen-bond acceptors (Lipinski definition) is 6. The third kappa shape index (κ3) is 3.36. The molecule has 0 bridgehead atoms. The fourth-order valence-electron chi connectivity index (χ4n) is 4.46. The Morgan fingerprint density at radius 1 is 1.19 bits per heavy atom. The zero-order valence-corrected chi connectivity index (χ0v) is 17.4. The zero-order valence-electron chi connectivity index (χ0n) is 17.4. The molecule has 3 aromatic rings. The number of anilines is 1. The number of hydrogen-bond donors (Lipinski definition) is 2. The molecule has 2 N–H and O–H groups in total. The molecule has 8 nitrogen and oxygen atoms in total. The fourth-order valence-corrected chi connectivity index (χ4v) is 4.46. The minimum Gasteiger partial charge on any atom is -0.488 e. The van der Waals surface area contributed by atoms with Gasteiger partial charge in [0.25, 0.3) is 0 Å². The Morgan fingerprint density at radius 3 is 2.90 bits per heavy atom. The van der Waals surface area contributed by atoms with Crippen molar-refractivity contribution < 1.29 is 14.3 Å². The second kappa shape index (κ2) is 7.14. The lowest BCUT2D eigenvalue weighted by atomic mass is 10.0. The van der Waals surface area contributed by atoms with E-state index in [0.717, 1.165) is 40.1 Å². The highest BCUT2D eigenvalue weighted by Crippen LogP contribution is 2.42. The molecule has 2 aliphatic heterocycles. The van der Waals surface area contributed by atoms with Crippen molar-refractivity contribution in [3.8, 4) is 22.8 Å². The van der Waals surface area contributed by atoms with E-state index in [9.17, 15) is 4.79 Å². The van der Waals surface area contributed by atoms with Gasteiger partial charge in [-0.15, -0.1) is 0 Å². The van der Waals surface area contributed by atoms with E-state index in [0.29, 0.717) is 31.5 Å². The van der Waals surface area contributed by atoms with Crippen molar-refractivity contribution in [2.45, 2.75) is 38.3 Å². The normalized spacial score (nSPS) is 21.2. The van der Waals surface area contributed by atoms with Gasteiger partial charge in [0.15, 0.2) is 0 Å². The first-order valence-corrected chi connectivity index (χ1v) is 11.0. The summed E-state index contributed by atoms with van der Waals surface area (Å²) in [6, 6.07) is 6.73. The summed E-state index contributed by atoms with van der Waals surface area (Å²) in [6.07, 6.45) is 6.51. The number of nitrogens with one attached hydrogen (secondary N) is 2. The molecule has 3 aliphatic rings. The summed E-state index contributed by atoms with van der Waals surface area (Å²) >= 11 is 0. The predicted molar refractivity (Wildman–Crippen MR) is 116 cm³/mol. The Bertz CT molecular complexity index is 1170. The van der Waals surface area contributed by atoms with Gasteiger partial charge >= 0.3 is 0 Å². The first-order valence-electron chi connectivity index (χ1n) is 11.0. The number of rotatable bonds is 5. The number of nitrogens with zero attached hydrogens (tertiary/aromatic N) is 3. The monoisotopic (exact) mass is 419 g/mol. The highest BCUT2D eigenvalue weighted by Gasteiger charge is 2.30. The molecule has 0 unspecified atom stereocenters. The van der Waals surface area contributed by atoms with Crippen LogP contribution in [0.4, 0.5) is 5.69 Å². The van der Waals surface area contributed by atoms with Crippen molar-refractivity contribution in [2.24, 2.45) is 5.92 Å². The number of imidazole rings is 1. The molecule has 31 heavy (non-hydrogen) atoms. The number of carbonyl (C=O) groups excluding carboxylic acids is 1. The first-order chi connectivity index (χ1) is 15.2. The zero-order chi connectivity index (χ0) is 20.9. The molecule has 8 heteroatoms. The topological polar surface area (TPSA) is 90.3 Å². The van der Waals surface area contributed by atoms with Gasteiger partial charge in [0.1, 0.15) is 24.0 Å². The summed E-state index contributed by atoms with van der Waals surface area (Å²) in [4.78, 5) is 20.9. The number of benzene rings is 1. The lowest BCUT2D eigenvalue weighted by Gasteiger charge is -2.22. The molecule has 2 fully saturated rings. The smallest absolute Gasteiger partial charge is 0.237 e. The van der Waals surface area contributed by atoms with Crippen LogP contribution in [0.5, 0.6) is 11.6 Å². The van der Waals surface area contributed by atoms with Gasteiger partial charge in [-0.25, -0.2) is 9.97 Å². The van der Waals surface area contributed by atoms with E-state index >= 15 is 0 Å². The number of pyridine rings is 1. The van der Waals surface area contributed by atoms with Crippen LogP contribution in [0.1, 0.15) is 32.2 Å². The minimum absolute atomic E-state index is 0.0864. The Balaban J connectivity index is 1.41. The fraction of sp³-hybridized carbons (Fsp3) is 0.435. The van der Waals surface area contributed by atoms with E-state index in [1.807, 2.05) is 19.4 Å². The molecule has 2 aromatic heterocycles. The van der Waals surface area contributed by atoms with Crippen LogP contribution in [0.3, 0.4) is 0 Å². The van der Waals surface area contributed by atoms with Gasteiger partial charge in [-0.1, -0.05) is 0 Å². The number of aromatic nitrogens is 3. The number of fused-ring (bicyclic) bond motifs is 2. The molecular weight excluding hydrogens is 394 g/mol. The molecule has 0 radical (unpaired) electrons. The summed E-state index contributed by atoms with van der Waals surface area (Å²) in [5.41, 5.74) is 4.82. The second-order valence-corrected chi connectivity index (χ2v) is 8.67. The highest BCUT2D eigenvalue weighted by atomic mass is 16.5. The molecule has 6 rings (SSSR count). The van der Waals surface area contributed by atoms with Crippen molar-refractivity contribution in [1.29, 1.82) is 0 Å². The summed E-state index contributed by atoms with van der Waals surface area (Å²) in [5, 5.41) is 6.26. The molecule has 1 aromatic carbocycles. The van der Waals surface area contributed by atoms with E-state index < -0.39 is 0 Å². The third-order valence-corrected chi connectivity index (χ3v) is 6.40. The standard InChI is InChI=1S/C23H25N5O3/c1-13(15-9-21(29)25-10-15)31-20-8-14(6-18-22(20)28(12-27-18)17-2-3-17)16-7-19-23(26-11-16)30-5-4-24-19/h6-8,11-13,15,17,24H,2-5,9-10H2,1H3,(H,25,29)/t13-,15-/m1/s1. The third-order valence-electron chi connectivity index (χ3n) is 6.40. The van der Waals surface area contributed by atoms with E-state index in [2.05, 4.69) is 43.4 Å². The lowest BCUT2D eigenvalue weighted by molar-refractivity contribution is -0.119. The van der Waals surface area contributed by atoms with Gasteiger partial charge in [-0.2, -0.15) is 0 Å². The van der Waals surface area contributed by atoms with Gasteiger partial charge < -0.3 is 24.7 Å². The molecule has 1 amide bonds. The molecule has 0 spiro atoms. The molecule has 1 saturated carbocycles. The van der Waals surface area contributed by atoms with Crippen molar-refractivity contribution in [3.05, 3.63) is 30.7 Å². The molecule has 1 aliphatic carbocycles. The van der Waals surface area contributed by atoms with Gasteiger partial charge in [-0.3, -0.25) is 4.79 Å². The minimum atomic E-state index is -0.0864. The molecule has 1 saturated heterocycles. The van der Waals surface area contributed by atoms with Crippen LogP contribution >= 0.6 is 0 Å². The highest BCUT2D eigenvalue weighted by molar-refractivity contribution is 5.88. The van der Waals surface area contributed by atoms with E-state index in [-0.39, 0.29) is 17.9 Å². The Hall–Kier alpha value is -3.29. The van der Waals surface area contributed by atoms with Gasteiger partial charge in [0.2, 0.25) is 11.8 Å². The number of ether oxygens (including phenoxy) is 2. The van der Waals surface area contributed by atoms with Gasteiger partial charge in [-0.05, 0) is 43.5 Å². The summed E-state index contributed by atoms with van der Waals surface area (Å²) < 4.78 is 14.3. The van der Waals surface area contributed by atoms with Crippen LogP contribution in [-0.4, -0.2) is 46.2 Å². The van der Waals surface area contributed by atoms with Crippen molar-refractivity contribution in [1.82, 2.24) is 19.9 Å². The molecular formula is C23H25N5O3. The first kappa shape index (κ1) is 18.5. The second-order valence-electron chi connectivity index (χ2n) is 8.67. The van der Waals surface area contributed by atoms with E-state index in [4.69, 9.17) is 9.47 Å². The van der Waals surface area contributed by atoms with Crippen LogP contribution in [0, 0.1) is 5.92 Å². The van der Waals surface area contributed by atoms with E-state index in [1.54, 1.807) is 0 Å². The number of carbonyl (C=O) groups is 1. The van der Waals surface area contributed by atoms with Crippen molar-refractivity contribution >= 4 is 22.6 Å².